The van der Waals surface area contributed by atoms with Crippen molar-refractivity contribution >= 4 is 7.98 Å². The number of hydrogen-bond donors (Lipinski definition) is 1. The summed E-state index contributed by atoms with van der Waals surface area (Å²) in [6.45, 7) is 6.82. The molecule has 0 unspecified atom stereocenters. The second kappa shape index (κ2) is 7.47. The highest BCUT2D eigenvalue weighted by atomic mass is 19.1. The van der Waals surface area contributed by atoms with Crippen LogP contribution >= 0.6 is 0 Å². The summed E-state index contributed by atoms with van der Waals surface area (Å²) >= 11 is 0. The van der Waals surface area contributed by atoms with Crippen LogP contribution in [0.1, 0.15) is 18.1 Å². The molecule has 2 N–H and O–H groups in total. The molecule has 3 rings (SSSR count). The van der Waals surface area contributed by atoms with Crippen LogP contribution in [0.3, 0.4) is 0 Å². The third kappa shape index (κ3) is 3.86. The van der Waals surface area contributed by atoms with Gasteiger partial charge in [-0.2, -0.15) is 0 Å². The molecule has 0 spiro atoms. The molecule has 1 aliphatic rings. The van der Waals surface area contributed by atoms with E-state index in [1.54, 1.807) is 6.07 Å². The summed E-state index contributed by atoms with van der Waals surface area (Å²) in [6.07, 6.45) is 0. The van der Waals surface area contributed by atoms with E-state index in [1.165, 1.54) is 11.6 Å². The van der Waals surface area contributed by atoms with Crippen molar-refractivity contribution in [3.8, 4) is 11.1 Å². The topological polar surface area (TPSA) is 32.5 Å². The normalized spacial score (nSPS) is 19.5. The molecule has 126 valence electrons. The number of halogens is 1. The molecule has 1 saturated heterocycles. The molecule has 0 saturated carbocycles. The second-order valence-corrected chi connectivity index (χ2v) is 6.78. The van der Waals surface area contributed by atoms with Crippen molar-refractivity contribution in [3.63, 3.8) is 0 Å². The van der Waals surface area contributed by atoms with E-state index in [9.17, 15) is 4.39 Å². The van der Waals surface area contributed by atoms with Crippen molar-refractivity contribution in [2.24, 2.45) is 5.73 Å². The summed E-state index contributed by atoms with van der Waals surface area (Å²) in [4.78, 5) is 4.86. The third-order valence-corrected chi connectivity index (χ3v) is 4.95. The minimum absolute atomic E-state index is 0.197. The maximum atomic E-state index is 14.2. The molecular formula is C19H25BFN3. The van der Waals surface area contributed by atoms with Crippen molar-refractivity contribution in [3.05, 3.63) is 59.4 Å². The molecule has 0 aromatic heterocycles. The van der Waals surface area contributed by atoms with Crippen LogP contribution in [0.5, 0.6) is 0 Å². The number of nitrogens with zero attached hydrogens (tertiary/aromatic N) is 2. The first-order chi connectivity index (χ1) is 11.6. The minimum Gasteiger partial charge on any atom is -0.344 e. The zero-order chi connectivity index (χ0) is 17.1. The Labute approximate surface area is 144 Å². The first kappa shape index (κ1) is 17.1. The monoisotopic (exact) mass is 325 g/mol. The Balaban J connectivity index is 1.80. The summed E-state index contributed by atoms with van der Waals surface area (Å²) in [6, 6.07) is 13.9. The van der Waals surface area contributed by atoms with Gasteiger partial charge < -0.3 is 10.5 Å². The highest BCUT2D eigenvalue weighted by Gasteiger charge is 2.20. The van der Waals surface area contributed by atoms with Crippen molar-refractivity contribution in [2.45, 2.75) is 26.1 Å². The molecule has 1 atom stereocenters. The van der Waals surface area contributed by atoms with Crippen molar-refractivity contribution in [1.29, 1.82) is 0 Å². The van der Waals surface area contributed by atoms with Gasteiger partial charge in [-0.25, -0.2) is 4.39 Å². The maximum absolute atomic E-state index is 14.2. The van der Waals surface area contributed by atoms with Crippen LogP contribution in [0.15, 0.2) is 42.5 Å². The van der Waals surface area contributed by atoms with E-state index >= 15 is 0 Å². The van der Waals surface area contributed by atoms with Gasteiger partial charge in [0.2, 0.25) is 0 Å². The summed E-state index contributed by atoms with van der Waals surface area (Å²) in [5.41, 5.74) is 9.41. The predicted octanol–water partition coefficient (Wildman–Crippen LogP) is 2.01. The van der Waals surface area contributed by atoms with Crippen LogP contribution in [-0.2, 0) is 13.1 Å². The van der Waals surface area contributed by atoms with Gasteiger partial charge in [-0.1, -0.05) is 24.3 Å². The van der Waals surface area contributed by atoms with Gasteiger partial charge in [0.05, 0.1) is 0 Å². The lowest BCUT2D eigenvalue weighted by atomic mass is 10.00. The van der Waals surface area contributed by atoms with Gasteiger partial charge in [0.25, 0.3) is 0 Å². The molecule has 1 fully saturated rings. The third-order valence-electron chi connectivity index (χ3n) is 4.95. The summed E-state index contributed by atoms with van der Waals surface area (Å²) < 4.78 is 14.2. The fourth-order valence-electron chi connectivity index (χ4n) is 3.28. The Hall–Kier alpha value is -1.69. The Kier molecular flexibility index (Phi) is 5.34. The molecule has 5 heteroatoms. The highest BCUT2D eigenvalue weighted by Crippen LogP contribution is 2.25. The Morgan fingerprint density at radius 2 is 2.00 bits per heavy atom. The van der Waals surface area contributed by atoms with E-state index in [0.29, 0.717) is 18.2 Å². The number of benzene rings is 2. The van der Waals surface area contributed by atoms with E-state index in [4.69, 9.17) is 5.73 Å². The molecule has 1 heterocycles. The summed E-state index contributed by atoms with van der Waals surface area (Å²) in [5, 5.41) is 0. The lowest BCUT2D eigenvalue weighted by molar-refractivity contribution is 0.140. The van der Waals surface area contributed by atoms with Crippen LogP contribution in [0.2, 0.25) is 0 Å². The van der Waals surface area contributed by atoms with E-state index in [0.717, 1.165) is 37.3 Å². The molecule has 0 amide bonds. The molecule has 2 aromatic carbocycles. The van der Waals surface area contributed by atoms with Crippen molar-refractivity contribution in [2.75, 3.05) is 19.6 Å². The summed E-state index contributed by atoms with van der Waals surface area (Å²) in [5.74, 6) is -0.197. The van der Waals surface area contributed by atoms with Crippen LogP contribution in [0.25, 0.3) is 11.1 Å². The number of nitrogens with two attached hydrogens (primary N) is 1. The predicted molar refractivity (Wildman–Crippen MR) is 99.7 cm³/mol. The first-order valence-electron chi connectivity index (χ1n) is 8.57. The van der Waals surface area contributed by atoms with Gasteiger partial charge in [0, 0.05) is 37.8 Å². The smallest absolute Gasteiger partial charge is 0.185 e. The molecular weight excluding hydrogens is 300 g/mol. The highest BCUT2D eigenvalue weighted by molar-refractivity contribution is 6.04. The van der Waals surface area contributed by atoms with E-state index < -0.39 is 0 Å². The molecule has 24 heavy (non-hydrogen) atoms. The molecule has 0 bridgehead atoms. The zero-order valence-corrected chi connectivity index (χ0v) is 14.5. The Morgan fingerprint density at radius 1 is 1.17 bits per heavy atom. The van der Waals surface area contributed by atoms with Gasteiger partial charge in [0.15, 0.2) is 7.98 Å². The molecule has 1 aliphatic heterocycles. The largest absolute Gasteiger partial charge is 0.344 e. The molecule has 0 aliphatic carbocycles. The van der Waals surface area contributed by atoms with Crippen LogP contribution < -0.4 is 5.73 Å². The molecule has 3 nitrogen and oxygen atoms in total. The minimum atomic E-state index is -0.197. The quantitative estimate of drug-likeness (QED) is 0.873. The Morgan fingerprint density at radius 3 is 2.75 bits per heavy atom. The van der Waals surface area contributed by atoms with Gasteiger partial charge in [-0.15, -0.1) is 0 Å². The second-order valence-electron chi connectivity index (χ2n) is 6.78. The van der Waals surface area contributed by atoms with E-state index in [2.05, 4.69) is 36.7 Å². The number of piperazine rings is 1. The van der Waals surface area contributed by atoms with Gasteiger partial charge >= 0.3 is 0 Å². The first-order valence-corrected chi connectivity index (χ1v) is 8.57. The standard InChI is InChI=1S/C19H25BFN3/c1-14-12-23(7-8-24(14)20)13-16-3-2-4-17(9-16)18-10-15(11-22)5-6-19(18)21/h2-6,9-10,14H,7-8,11-13,20,22H2,1H3/t14-/m0/s1. The van der Waals surface area contributed by atoms with Crippen molar-refractivity contribution in [1.82, 2.24) is 9.71 Å². The lowest BCUT2D eigenvalue weighted by Crippen LogP contribution is -2.50. The molecule has 0 radical (unpaired) electrons. The van der Waals surface area contributed by atoms with Gasteiger partial charge in [-0.3, -0.25) is 4.90 Å². The SMILES string of the molecule is BN1CCN(Cc2cccc(-c3cc(CN)ccc3F)c2)C[C@@H]1C. The van der Waals surface area contributed by atoms with E-state index in [1.807, 2.05) is 18.2 Å². The zero-order valence-electron chi connectivity index (χ0n) is 14.5. The van der Waals surface area contributed by atoms with Crippen LogP contribution in [0.4, 0.5) is 4.39 Å². The van der Waals surface area contributed by atoms with Crippen LogP contribution in [-0.4, -0.2) is 43.4 Å². The lowest BCUT2D eigenvalue weighted by Gasteiger charge is -2.38. The maximum Gasteiger partial charge on any atom is 0.185 e. The number of rotatable bonds is 4. The average Bonchev–Trinajstić information content (AvgIpc) is 2.59. The fraction of sp³-hybridized carbons (Fsp3) is 0.368. The average molecular weight is 325 g/mol. The number of hydrogen-bond acceptors (Lipinski definition) is 3. The van der Waals surface area contributed by atoms with Gasteiger partial charge in [0.1, 0.15) is 5.82 Å². The summed E-state index contributed by atoms with van der Waals surface area (Å²) in [7, 11) is 2.18. The van der Waals surface area contributed by atoms with Crippen LogP contribution in [0, 0.1) is 5.82 Å². The van der Waals surface area contributed by atoms with E-state index in [-0.39, 0.29) is 5.82 Å². The molecule has 2 aromatic rings. The fourth-order valence-corrected chi connectivity index (χ4v) is 3.28. The van der Waals surface area contributed by atoms with Crippen molar-refractivity contribution < 1.29 is 4.39 Å². The Bertz CT molecular complexity index is 707. The van der Waals surface area contributed by atoms with Gasteiger partial charge in [-0.05, 0) is 48.4 Å².